The van der Waals surface area contributed by atoms with Crippen LogP contribution in [0.25, 0.3) is 11.5 Å². The molecule has 114 valence electrons. The molecule has 0 bridgehead atoms. The molecule has 3 rings (SSSR count). The van der Waals surface area contributed by atoms with Crippen molar-refractivity contribution in [1.29, 1.82) is 0 Å². The molecule has 1 aromatic heterocycles. The Morgan fingerprint density at radius 1 is 1.36 bits per heavy atom. The molecule has 1 fully saturated rings. The second kappa shape index (κ2) is 5.25. The van der Waals surface area contributed by atoms with E-state index >= 15 is 0 Å². The summed E-state index contributed by atoms with van der Waals surface area (Å²) in [5.41, 5.74) is 2.91. The number of aliphatic carboxylic acids is 1. The van der Waals surface area contributed by atoms with Gasteiger partial charge in [-0.05, 0) is 25.5 Å². The van der Waals surface area contributed by atoms with Gasteiger partial charge in [-0.1, -0.05) is 22.8 Å². The van der Waals surface area contributed by atoms with E-state index in [1.807, 2.05) is 32.0 Å². The number of anilines is 1. The van der Waals surface area contributed by atoms with Gasteiger partial charge in [-0.25, -0.2) is 0 Å². The average Bonchev–Trinajstić information content (AvgIpc) is 3.05. The molecular formula is C15H15N3O4. The summed E-state index contributed by atoms with van der Waals surface area (Å²) in [6.07, 6.45) is -0.0450. The van der Waals surface area contributed by atoms with Gasteiger partial charge in [0.25, 0.3) is 0 Å². The number of aromatic nitrogens is 2. The molecule has 0 saturated carbocycles. The molecule has 2 heterocycles. The van der Waals surface area contributed by atoms with Gasteiger partial charge in [0, 0.05) is 18.5 Å². The zero-order chi connectivity index (χ0) is 15.9. The van der Waals surface area contributed by atoms with E-state index in [1.165, 1.54) is 4.90 Å². The summed E-state index contributed by atoms with van der Waals surface area (Å²) in [6.45, 7) is 3.99. The van der Waals surface area contributed by atoms with Crippen LogP contribution < -0.4 is 4.90 Å². The summed E-state index contributed by atoms with van der Waals surface area (Å²) in [7, 11) is 0. The number of rotatable bonds is 3. The first-order chi connectivity index (χ1) is 10.5. The van der Waals surface area contributed by atoms with Crippen molar-refractivity contribution in [3.63, 3.8) is 0 Å². The monoisotopic (exact) mass is 301 g/mol. The van der Waals surface area contributed by atoms with E-state index in [9.17, 15) is 9.59 Å². The van der Waals surface area contributed by atoms with Crippen LogP contribution in [-0.4, -0.2) is 33.7 Å². The Hall–Kier alpha value is -2.70. The summed E-state index contributed by atoms with van der Waals surface area (Å²) in [6, 6.07) is 5.87. The molecule has 0 aliphatic carbocycles. The van der Waals surface area contributed by atoms with Crippen molar-refractivity contribution in [3.8, 4) is 11.5 Å². The molecule has 0 spiro atoms. The number of carboxylic acids is 1. The van der Waals surface area contributed by atoms with Crippen LogP contribution in [0.3, 0.4) is 0 Å². The van der Waals surface area contributed by atoms with Gasteiger partial charge in [-0.3, -0.25) is 14.5 Å². The third-order valence-corrected chi connectivity index (χ3v) is 3.73. The van der Waals surface area contributed by atoms with Crippen molar-refractivity contribution in [2.24, 2.45) is 5.92 Å². The fourth-order valence-corrected chi connectivity index (χ4v) is 2.54. The minimum absolute atomic E-state index is 0.0450. The van der Waals surface area contributed by atoms with E-state index < -0.39 is 11.9 Å². The number of benzene rings is 1. The highest BCUT2D eigenvalue weighted by atomic mass is 16.4. The maximum Gasteiger partial charge on any atom is 0.325 e. The second-order valence-corrected chi connectivity index (χ2v) is 5.45. The number of hydrogen-bond donors (Lipinski definition) is 1. The lowest BCUT2D eigenvalue weighted by atomic mass is 10.1. The van der Waals surface area contributed by atoms with E-state index in [0.717, 1.165) is 16.7 Å². The van der Waals surface area contributed by atoms with Crippen LogP contribution in [0.15, 0.2) is 22.6 Å². The first-order valence-electron chi connectivity index (χ1n) is 6.90. The third-order valence-electron chi connectivity index (χ3n) is 3.73. The predicted octanol–water partition coefficient (Wildman–Crippen LogP) is 1.79. The van der Waals surface area contributed by atoms with Crippen molar-refractivity contribution in [3.05, 3.63) is 29.3 Å². The Morgan fingerprint density at radius 3 is 2.77 bits per heavy atom. The van der Waals surface area contributed by atoms with E-state index in [0.29, 0.717) is 5.89 Å². The summed E-state index contributed by atoms with van der Waals surface area (Å²) in [5, 5.41) is 16.8. The molecular weight excluding hydrogens is 286 g/mol. The maximum absolute atomic E-state index is 11.9. The SMILES string of the molecule is Cc1ccc(-c2nnc(N3CC(C(=O)O)CC3=O)o2)c(C)c1. The molecule has 7 heteroatoms. The van der Waals surface area contributed by atoms with E-state index in [1.54, 1.807) is 0 Å². The van der Waals surface area contributed by atoms with Crippen molar-refractivity contribution in [2.75, 3.05) is 11.4 Å². The fourth-order valence-electron chi connectivity index (χ4n) is 2.54. The Morgan fingerprint density at radius 2 is 2.14 bits per heavy atom. The molecule has 22 heavy (non-hydrogen) atoms. The number of carbonyl (C=O) groups excluding carboxylic acids is 1. The standard InChI is InChI=1S/C15H15N3O4/c1-8-3-4-11(9(2)5-8)13-16-17-15(22-13)18-7-10(14(20)21)6-12(18)19/h3-5,10H,6-7H2,1-2H3,(H,20,21). The zero-order valence-electron chi connectivity index (χ0n) is 12.2. The quantitative estimate of drug-likeness (QED) is 0.928. The number of nitrogens with zero attached hydrogens (tertiary/aromatic N) is 3. The number of carboxylic acid groups (broad SMARTS) is 1. The number of amides is 1. The summed E-state index contributed by atoms with van der Waals surface area (Å²) in [5.74, 6) is -1.73. The first kappa shape index (κ1) is 14.2. The smallest absolute Gasteiger partial charge is 0.325 e. The van der Waals surface area contributed by atoms with E-state index in [-0.39, 0.29) is 24.9 Å². The third kappa shape index (κ3) is 2.45. The van der Waals surface area contributed by atoms with Gasteiger partial charge in [-0.2, -0.15) is 0 Å². The summed E-state index contributed by atoms with van der Waals surface area (Å²) >= 11 is 0. The highest BCUT2D eigenvalue weighted by Gasteiger charge is 2.37. The maximum atomic E-state index is 11.9. The number of aryl methyl sites for hydroxylation is 2. The fraction of sp³-hybridized carbons (Fsp3) is 0.333. The van der Waals surface area contributed by atoms with Gasteiger partial charge in [0.1, 0.15) is 0 Å². The Balaban J connectivity index is 1.88. The second-order valence-electron chi connectivity index (χ2n) is 5.45. The van der Waals surface area contributed by atoms with Crippen LogP contribution in [0.2, 0.25) is 0 Å². The highest BCUT2D eigenvalue weighted by Crippen LogP contribution is 2.29. The van der Waals surface area contributed by atoms with Crippen molar-refractivity contribution in [2.45, 2.75) is 20.3 Å². The van der Waals surface area contributed by atoms with E-state index in [2.05, 4.69) is 10.2 Å². The lowest BCUT2D eigenvalue weighted by Crippen LogP contribution is -2.26. The molecule has 1 atom stereocenters. The molecule has 1 aliphatic heterocycles. The van der Waals surface area contributed by atoms with Crippen molar-refractivity contribution < 1.29 is 19.1 Å². The van der Waals surface area contributed by atoms with Crippen LogP contribution in [0, 0.1) is 19.8 Å². The molecule has 1 saturated heterocycles. The van der Waals surface area contributed by atoms with Crippen LogP contribution in [-0.2, 0) is 9.59 Å². The van der Waals surface area contributed by atoms with Crippen molar-refractivity contribution in [1.82, 2.24) is 10.2 Å². The molecule has 1 aliphatic rings. The van der Waals surface area contributed by atoms with Crippen molar-refractivity contribution >= 4 is 17.9 Å². The largest absolute Gasteiger partial charge is 0.481 e. The predicted molar refractivity (Wildman–Crippen MR) is 77.3 cm³/mol. The van der Waals surface area contributed by atoms with Gasteiger partial charge >= 0.3 is 12.0 Å². The molecule has 1 N–H and O–H groups in total. The Kier molecular flexibility index (Phi) is 3.40. The molecule has 0 radical (unpaired) electrons. The first-order valence-corrected chi connectivity index (χ1v) is 6.90. The minimum atomic E-state index is -0.995. The van der Waals surface area contributed by atoms with Crippen LogP contribution in [0.4, 0.5) is 6.01 Å². The normalized spacial score (nSPS) is 18.0. The summed E-state index contributed by atoms with van der Waals surface area (Å²) < 4.78 is 5.56. The average molecular weight is 301 g/mol. The Labute approximate surface area is 126 Å². The van der Waals surface area contributed by atoms with Gasteiger partial charge in [-0.15, -0.1) is 5.10 Å². The molecule has 1 unspecified atom stereocenters. The topological polar surface area (TPSA) is 96.5 Å². The van der Waals surface area contributed by atoms with E-state index in [4.69, 9.17) is 9.52 Å². The lowest BCUT2D eigenvalue weighted by Gasteiger charge is -2.09. The zero-order valence-corrected chi connectivity index (χ0v) is 12.2. The van der Waals surface area contributed by atoms with Crippen LogP contribution in [0.1, 0.15) is 17.5 Å². The minimum Gasteiger partial charge on any atom is -0.481 e. The molecule has 1 aromatic carbocycles. The van der Waals surface area contributed by atoms with Gasteiger partial charge in [0.15, 0.2) is 0 Å². The highest BCUT2D eigenvalue weighted by molar-refractivity contribution is 5.97. The number of carbonyl (C=O) groups is 2. The van der Waals surface area contributed by atoms with Gasteiger partial charge < -0.3 is 9.52 Å². The van der Waals surface area contributed by atoms with Crippen LogP contribution in [0.5, 0.6) is 0 Å². The molecule has 7 nitrogen and oxygen atoms in total. The molecule has 1 amide bonds. The van der Waals surface area contributed by atoms with Gasteiger partial charge in [0.05, 0.1) is 5.92 Å². The molecule has 2 aromatic rings. The van der Waals surface area contributed by atoms with Gasteiger partial charge in [0.2, 0.25) is 11.8 Å². The lowest BCUT2D eigenvalue weighted by molar-refractivity contribution is -0.141. The number of hydrogen-bond acceptors (Lipinski definition) is 5. The summed E-state index contributed by atoms with van der Waals surface area (Å²) in [4.78, 5) is 24.1. The Bertz CT molecular complexity index is 753. The van der Waals surface area contributed by atoms with Crippen LogP contribution >= 0.6 is 0 Å².